The lowest BCUT2D eigenvalue weighted by Gasteiger charge is -2.12. The Morgan fingerprint density at radius 3 is 2.74 bits per heavy atom. The minimum absolute atomic E-state index is 0.193. The molecule has 0 saturated heterocycles. The van der Waals surface area contributed by atoms with Crippen LogP contribution in [0.25, 0.3) is 11.1 Å². The summed E-state index contributed by atoms with van der Waals surface area (Å²) in [6.07, 6.45) is 2.86. The average molecular weight is 261 g/mol. The third-order valence-corrected chi connectivity index (χ3v) is 2.69. The van der Waals surface area contributed by atoms with Crippen LogP contribution in [0.5, 0.6) is 5.75 Å². The van der Waals surface area contributed by atoms with Gasteiger partial charge in [-0.1, -0.05) is 6.07 Å². The molecule has 0 aliphatic heterocycles. The van der Waals surface area contributed by atoms with Crippen molar-refractivity contribution in [3.63, 3.8) is 0 Å². The van der Waals surface area contributed by atoms with Gasteiger partial charge in [-0.25, -0.2) is 9.18 Å². The number of benzene rings is 1. The number of rotatable bonds is 3. The maximum Gasteiger partial charge on any atom is 0.338 e. The lowest BCUT2D eigenvalue weighted by Crippen LogP contribution is -2.05. The van der Waals surface area contributed by atoms with Crippen LogP contribution in [0, 0.1) is 5.82 Å². The topological polar surface area (TPSA) is 48.4 Å². The molecule has 0 amide bonds. The molecule has 2 rings (SSSR count). The van der Waals surface area contributed by atoms with Crippen molar-refractivity contribution >= 4 is 5.97 Å². The van der Waals surface area contributed by atoms with Crippen molar-refractivity contribution in [2.24, 2.45) is 0 Å². The Hall–Kier alpha value is -2.43. The van der Waals surface area contributed by atoms with E-state index in [-0.39, 0.29) is 11.1 Å². The predicted octanol–water partition coefficient (Wildman–Crippen LogP) is 2.68. The average Bonchev–Trinajstić information content (AvgIpc) is 2.46. The fourth-order valence-electron chi connectivity index (χ4n) is 1.82. The summed E-state index contributed by atoms with van der Waals surface area (Å²) in [5.74, 6) is -0.710. The number of ether oxygens (including phenoxy) is 2. The van der Waals surface area contributed by atoms with E-state index in [1.807, 2.05) is 0 Å². The molecule has 5 heteroatoms. The second-order valence-corrected chi connectivity index (χ2v) is 3.73. The third kappa shape index (κ3) is 2.40. The molecule has 0 N–H and O–H groups in total. The van der Waals surface area contributed by atoms with Crippen LogP contribution in [-0.4, -0.2) is 25.2 Å². The summed E-state index contributed by atoms with van der Waals surface area (Å²) >= 11 is 0. The SMILES string of the molecule is COC(=O)c1ccncc1-c1c(F)cccc1OC. The van der Waals surface area contributed by atoms with Crippen molar-refractivity contribution in [1.82, 2.24) is 4.98 Å². The molecule has 2 aromatic rings. The van der Waals surface area contributed by atoms with E-state index < -0.39 is 11.8 Å². The van der Waals surface area contributed by atoms with E-state index in [1.54, 1.807) is 6.07 Å². The zero-order chi connectivity index (χ0) is 13.8. The monoisotopic (exact) mass is 261 g/mol. The van der Waals surface area contributed by atoms with Crippen LogP contribution >= 0.6 is 0 Å². The van der Waals surface area contributed by atoms with Crippen molar-refractivity contribution < 1.29 is 18.7 Å². The molecule has 0 aliphatic carbocycles. The van der Waals surface area contributed by atoms with E-state index in [2.05, 4.69) is 9.72 Å². The van der Waals surface area contributed by atoms with Gasteiger partial charge in [0.25, 0.3) is 0 Å². The fraction of sp³-hybridized carbons (Fsp3) is 0.143. The first-order valence-corrected chi connectivity index (χ1v) is 5.54. The summed E-state index contributed by atoms with van der Waals surface area (Å²) in [5.41, 5.74) is 0.767. The zero-order valence-electron chi connectivity index (χ0n) is 10.5. The highest BCUT2D eigenvalue weighted by Gasteiger charge is 2.19. The Labute approximate surface area is 109 Å². The van der Waals surface area contributed by atoms with Crippen molar-refractivity contribution in [3.05, 3.63) is 48.0 Å². The molecule has 0 radical (unpaired) electrons. The van der Waals surface area contributed by atoms with Crippen LogP contribution in [-0.2, 0) is 4.74 Å². The van der Waals surface area contributed by atoms with E-state index in [0.29, 0.717) is 11.3 Å². The Balaban J connectivity index is 2.69. The van der Waals surface area contributed by atoms with Gasteiger partial charge in [-0.15, -0.1) is 0 Å². The first-order chi connectivity index (χ1) is 9.19. The number of aromatic nitrogens is 1. The number of halogens is 1. The molecule has 0 spiro atoms. The Morgan fingerprint density at radius 1 is 1.26 bits per heavy atom. The maximum atomic E-state index is 14.0. The van der Waals surface area contributed by atoms with E-state index in [4.69, 9.17) is 4.74 Å². The van der Waals surface area contributed by atoms with Gasteiger partial charge in [0.2, 0.25) is 0 Å². The van der Waals surface area contributed by atoms with Crippen LogP contribution in [0.1, 0.15) is 10.4 Å². The van der Waals surface area contributed by atoms with E-state index in [9.17, 15) is 9.18 Å². The van der Waals surface area contributed by atoms with E-state index in [1.165, 1.54) is 44.8 Å². The van der Waals surface area contributed by atoms with Gasteiger partial charge >= 0.3 is 5.97 Å². The number of hydrogen-bond acceptors (Lipinski definition) is 4. The molecule has 98 valence electrons. The Kier molecular flexibility index (Phi) is 3.75. The van der Waals surface area contributed by atoms with Gasteiger partial charge in [0.05, 0.1) is 25.3 Å². The molecule has 1 aromatic heterocycles. The smallest absolute Gasteiger partial charge is 0.338 e. The van der Waals surface area contributed by atoms with Gasteiger partial charge in [0.15, 0.2) is 0 Å². The third-order valence-electron chi connectivity index (χ3n) is 2.69. The molecule has 0 bridgehead atoms. The molecule has 0 atom stereocenters. The summed E-state index contributed by atoms with van der Waals surface area (Å²) in [4.78, 5) is 15.6. The van der Waals surface area contributed by atoms with E-state index in [0.717, 1.165) is 0 Å². The molecule has 1 aromatic carbocycles. The van der Waals surface area contributed by atoms with Gasteiger partial charge in [-0.3, -0.25) is 4.98 Å². The van der Waals surface area contributed by atoms with Crippen molar-refractivity contribution in [3.8, 4) is 16.9 Å². The summed E-state index contributed by atoms with van der Waals surface area (Å²) in [5, 5.41) is 0. The second-order valence-electron chi connectivity index (χ2n) is 3.73. The minimum atomic E-state index is -0.553. The predicted molar refractivity (Wildman–Crippen MR) is 67.5 cm³/mol. The highest BCUT2D eigenvalue weighted by molar-refractivity contribution is 5.97. The van der Waals surface area contributed by atoms with Crippen LogP contribution in [0.15, 0.2) is 36.7 Å². The lowest BCUT2D eigenvalue weighted by atomic mass is 10.0. The Morgan fingerprint density at radius 2 is 2.05 bits per heavy atom. The number of carbonyl (C=O) groups excluding carboxylic acids is 1. The van der Waals surface area contributed by atoms with Gasteiger partial charge in [0, 0.05) is 18.0 Å². The van der Waals surface area contributed by atoms with Crippen molar-refractivity contribution in [2.45, 2.75) is 0 Å². The highest BCUT2D eigenvalue weighted by Crippen LogP contribution is 2.34. The summed E-state index contributed by atoms with van der Waals surface area (Å²) in [7, 11) is 2.71. The maximum absolute atomic E-state index is 14.0. The summed E-state index contributed by atoms with van der Waals surface area (Å²) in [6.45, 7) is 0. The standard InChI is InChI=1S/C14H12FNO3/c1-18-12-5-3-4-11(15)13(12)10-8-16-7-6-9(10)14(17)19-2/h3-8H,1-2H3. The number of methoxy groups -OCH3 is 2. The molecule has 19 heavy (non-hydrogen) atoms. The molecule has 0 fully saturated rings. The first kappa shape index (κ1) is 13.0. The molecule has 0 saturated carbocycles. The van der Waals surface area contributed by atoms with Gasteiger partial charge in [-0.05, 0) is 18.2 Å². The number of nitrogens with zero attached hydrogens (tertiary/aromatic N) is 1. The first-order valence-electron chi connectivity index (χ1n) is 5.54. The van der Waals surface area contributed by atoms with Crippen LogP contribution in [0.4, 0.5) is 4.39 Å². The van der Waals surface area contributed by atoms with E-state index >= 15 is 0 Å². The fourth-order valence-corrected chi connectivity index (χ4v) is 1.82. The Bertz CT molecular complexity index is 613. The van der Waals surface area contributed by atoms with Crippen molar-refractivity contribution in [2.75, 3.05) is 14.2 Å². The molecule has 0 aliphatic rings. The van der Waals surface area contributed by atoms with Crippen LogP contribution < -0.4 is 4.74 Å². The van der Waals surface area contributed by atoms with Gasteiger partial charge in [-0.2, -0.15) is 0 Å². The van der Waals surface area contributed by atoms with Crippen molar-refractivity contribution in [1.29, 1.82) is 0 Å². The number of hydrogen-bond donors (Lipinski definition) is 0. The number of esters is 1. The van der Waals surface area contributed by atoms with Crippen LogP contribution in [0.2, 0.25) is 0 Å². The van der Waals surface area contributed by atoms with Crippen LogP contribution in [0.3, 0.4) is 0 Å². The highest BCUT2D eigenvalue weighted by atomic mass is 19.1. The van der Waals surface area contributed by atoms with Gasteiger partial charge < -0.3 is 9.47 Å². The normalized spacial score (nSPS) is 10.1. The largest absolute Gasteiger partial charge is 0.496 e. The molecule has 0 unspecified atom stereocenters. The lowest BCUT2D eigenvalue weighted by molar-refractivity contribution is 0.0601. The molecular formula is C14H12FNO3. The number of carbonyl (C=O) groups is 1. The minimum Gasteiger partial charge on any atom is -0.496 e. The number of pyridine rings is 1. The zero-order valence-corrected chi connectivity index (χ0v) is 10.5. The second kappa shape index (κ2) is 5.48. The molecule has 4 nitrogen and oxygen atoms in total. The molecule has 1 heterocycles. The molecular weight excluding hydrogens is 249 g/mol. The van der Waals surface area contributed by atoms with Gasteiger partial charge in [0.1, 0.15) is 11.6 Å². The summed E-state index contributed by atoms with van der Waals surface area (Å²) < 4.78 is 23.8. The quantitative estimate of drug-likeness (QED) is 0.797. The summed E-state index contributed by atoms with van der Waals surface area (Å²) in [6, 6.07) is 5.93.